The van der Waals surface area contributed by atoms with Gasteiger partial charge in [-0.3, -0.25) is 9.58 Å². The summed E-state index contributed by atoms with van der Waals surface area (Å²) in [6.07, 6.45) is 7.26. The van der Waals surface area contributed by atoms with E-state index in [4.69, 9.17) is 0 Å². The molecule has 1 fully saturated rings. The van der Waals surface area contributed by atoms with Crippen molar-refractivity contribution in [3.63, 3.8) is 0 Å². The first-order chi connectivity index (χ1) is 10.7. The number of β-amino-alcohol motifs (C(OH)–C–C–N with tert-alkyl or cyclic N) is 1. The van der Waals surface area contributed by atoms with Gasteiger partial charge in [-0.15, -0.1) is 0 Å². The molecular weight excluding hydrogens is 274 g/mol. The van der Waals surface area contributed by atoms with Gasteiger partial charge in [-0.1, -0.05) is 36.8 Å². The van der Waals surface area contributed by atoms with E-state index in [1.54, 1.807) is 0 Å². The van der Waals surface area contributed by atoms with Crippen molar-refractivity contribution >= 4 is 0 Å². The topological polar surface area (TPSA) is 41.3 Å². The molecule has 0 amide bonds. The maximum Gasteiger partial charge on any atom is 0.0917 e. The lowest BCUT2D eigenvalue weighted by atomic mass is 10.00. The summed E-state index contributed by atoms with van der Waals surface area (Å²) < 4.78 is 2.03. The fourth-order valence-corrected chi connectivity index (χ4v) is 3.29. The largest absolute Gasteiger partial charge is 0.387 e. The van der Waals surface area contributed by atoms with Gasteiger partial charge in [0.25, 0.3) is 0 Å². The van der Waals surface area contributed by atoms with Crippen molar-refractivity contribution in [2.24, 2.45) is 0 Å². The number of aliphatic hydroxyl groups is 1. The van der Waals surface area contributed by atoms with E-state index in [9.17, 15) is 5.11 Å². The molecule has 1 N–H and O–H groups in total. The van der Waals surface area contributed by atoms with Crippen LogP contribution in [0.3, 0.4) is 0 Å². The Hall–Kier alpha value is -1.65. The van der Waals surface area contributed by atoms with E-state index >= 15 is 0 Å². The van der Waals surface area contributed by atoms with Crippen LogP contribution in [0.4, 0.5) is 0 Å². The van der Waals surface area contributed by atoms with Crippen molar-refractivity contribution in [3.8, 4) is 0 Å². The average Bonchev–Trinajstić information content (AvgIpc) is 2.95. The monoisotopic (exact) mass is 299 g/mol. The van der Waals surface area contributed by atoms with Gasteiger partial charge in [-0.25, -0.2) is 0 Å². The van der Waals surface area contributed by atoms with Gasteiger partial charge in [0, 0.05) is 18.8 Å². The Morgan fingerprint density at radius 3 is 2.82 bits per heavy atom. The molecule has 2 aromatic rings. The summed E-state index contributed by atoms with van der Waals surface area (Å²) in [5.41, 5.74) is 2.20. The number of benzene rings is 1. The van der Waals surface area contributed by atoms with Crippen molar-refractivity contribution in [3.05, 3.63) is 53.9 Å². The molecule has 4 heteroatoms. The molecule has 0 unspecified atom stereocenters. The van der Waals surface area contributed by atoms with Crippen LogP contribution >= 0.6 is 0 Å². The minimum Gasteiger partial charge on any atom is -0.387 e. The Labute approximate surface area is 132 Å². The highest BCUT2D eigenvalue weighted by Crippen LogP contribution is 2.22. The average molecular weight is 299 g/mol. The van der Waals surface area contributed by atoms with Crippen LogP contribution in [0.1, 0.15) is 36.5 Å². The molecule has 0 aliphatic carbocycles. The quantitative estimate of drug-likeness (QED) is 0.923. The van der Waals surface area contributed by atoms with Crippen LogP contribution in [0.2, 0.25) is 0 Å². The first kappa shape index (κ1) is 15.3. The van der Waals surface area contributed by atoms with Crippen molar-refractivity contribution in [2.75, 3.05) is 13.1 Å². The molecule has 3 rings (SSSR count). The van der Waals surface area contributed by atoms with Gasteiger partial charge in [0.05, 0.1) is 18.8 Å². The molecule has 1 aromatic carbocycles. The van der Waals surface area contributed by atoms with Crippen LogP contribution in [0.15, 0.2) is 42.7 Å². The van der Waals surface area contributed by atoms with E-state index in [2.05, 4.69) is 23.1 Å². The Morgan fingerprint density at radius 1 is 1.27 bits per heavy atom. The molecule has 1 saturated heterocycles. The fraction of sp³-hybridized carbons (Fsp3) is 0.500. The molecule has 2 heterocycles. The highest BCUT2D eigenvalue weighted by molar-refractivity contribution is 5.17. The van der Waals surface area contributed by atoms with Crippen LogP contribution in [0, 0.1) is 6.92 Å². The molecule has 0 spiro atoms. The lowest BCUT2D eigenvalue weighted by Gasteiger charge is -2.37. The van der Waals surface area contributed by atoms with Crippen LogP contribution in [0.25, 0.3) is 0 Å². The second-order valence-corrected chi connectivity index (χ2v) is 6.31. The number of hydrogen-bond donors (Lipinski definition) is 1. The van der Waals surface area contributed by atoms with E-state index < -0.39 is 6.10 Å². The predicted octanol–water partition coefficient (Wildman–Crippen LogP) is 2.78. The molecule has 22 heavy (non-hydrogen) atoms. The molecule has 1 aliphatic heterocycles. The van der Waals surface area contributed by atoms with Crippen molar-refractivity contribution in [1.82, 2.24) is 14.7 Å². The maximum atomic E-state index is 10.5. The molecule has 1 aliphatic rings. The molecule has 118 valence electrons. The summed E-state index contributed by atoms with van der Waals surface area (Å²) in [6, 6.07) is 10.4. The lowest BCUT2D eigenvalue weighted by Crippen LogP contribution is -2.44. The summed E-state index contributed by atoms with van der Waals surface area (Å²) in [5.74, 6) is 0. The number of nitrogens with zero attached hydrogens (tertiary/aromatic N) is 3. The maximum absolute atomic E-state index is 10.5. The lowest BCUT2D eigenvalue weighted by molar-refractivity contribution is 0.0591. The Balaban J connectivity index is 1.64. The first-order valence-electron chi connectivity index (χ1n) is 8.18. The zero-order chi connectivity index (χ0) is 15.4. The fourth-order valence-electron chi connectivity index (χ4n) is 3.29. The third-order valence-corrected chi connectivity index (χ3v) is 4.50. The molecule has 2 atom stereocenters. The predicted molar refractivity (Wildman–Crippen MR) is 87.6 cm³/mol. The molecule has 0 bridgehead atoms. The van der Waals surface area contributed by atoms with Crippen LogP contribution in [-0.4, -0.2) is 38.9 Å². The van der Waals surface area contributed by atoms with Gasteiger partial charge in [-0.2, -0.15) is 5.10 Å². The van der Waals surface area contributed by atoms with Crippen LogP contribution in [-0.2, 0) is 6.54 Å². The van der Waals surface area contributed by atoms with Gasteiger partial charge >= 0.3 is 0 Å². The number of piperidine rings is 1. The smallest absolute Gasteiger partial charge is 0.0917 e. The summed E-state index contributed by atoms with van der Waals surface area (Å²) in [5, 5.41) is 14.9. The standard InChI is InChI=1S/C18H25N3O/c1-15-11-19-21(12-15)13-17-9-5-6-10-20(17)14-18(22)16-7-3-2-4-8-16/h2-4,7-8,11-12,17-18,22H,5-6,9-10,13-14H2,1H3/t17-,18-/m1/s1. The van der Waals surface area contributed by atoms with Crippen LogP contribution < -0.4 is 0 Å². The second-order valence-electron chi connectivity index (χ2n) is 6.31. The van der Waals surface area contributed by atoms with Gasteiger partial charge in [-0.05, 0) is 37.4 Å². The normalized spacial score (nSPS) is 20.9. The number of aryl methyl sites for hydroxylation is 1. The number of aromatic nitrogens is 2. The minimum absolute atomic E-state index is 0.416. The highest BCUT2D eigenvalue weighted by atomic mass is 16.3. The molecule has 0 saturated carbocycles. The zero-order valence-electron chi connectivity index (χ0n) is 13.2. The summed E-state index contributed by atoms with van der Waals surface area (Å²) in [6.45, 7) is 4.75. The van der Waals surface area contributed by atoms with E-state index in [0.717, 1.165) is 18.7 Å². The molecule has 4 nitrogen and oxygen atoms in total. The van der Waals surface area contributed by atoms with Gasteiger partial charge < -0.3 is 5.11 Å². The van der Waals surface area contributed by atoms with Gasteiger partial charge in [0.15, 0.2) is 0 Å². The van der Waals surface area contributed by atoms with E-state index in [-0.39, 0.29) is 0 Å². The third kappa shape index (κ3) is 3.76. The van der Waals surface area contributed by atoms with Gasteiger partial charge in [0.2, 0.25) is 0 Å². The minimum atomic E-state index is -0.416. The van der Waals surface area contributed by atoms with E-state index in [1.165, 1.54) is 24.8 Å². The summed E-state index contributed by atoms with van der Waals surface area (Å²) in [4.78, 5) is 2.43. The summed E-state index contributed by atoms with van der Waals surface area (Å²) >= 11 is 0. The molecular formula is C18H25N3O. The number of aliphatic hydroxyl groups excluding tert-OH is 1. The second kappa shape index (κ2) is 7.07. The van der Waals surface area contributed by atoms with Crippen LogP contribution in [0.5, 0.6) is 0 Å². The Bertz CT molecular complexity index is 581. The van der Waals surface area contributed by atoms with E-state index in [1.807, 2.05) is 41.2 Å². The Morgan fingerprint density at radius 2 is 2.09 bits per heavy atom. The molecule has 0 radical (unpaired) electrons. The number of likely N-dealkylation sites (tertiary alicyclic amines) is 1. The number of hydrogen-bond acceptors (Lipinski definition) is 3. The van der Waals surface area contributed by atoms with Crippen molar-refractivity contribution in [2.45, 2.75) is 44.9 Å². The van der Waals surface area contributed by atoms with E-state index in [0.29, 0.717) is 12.6 Å². The van der Waals surface area contributed by atoms with Gasteiger partial charge in [0.1, 0.15) is 0 Å². The summed E-state index contributed by atoms with van der Waals surface area (Å²) in [7, 11) is 0. The third-order valence-electron chi connectivity index (χ3n) is 4.50. The molecule has 1 aromatic heterocycles. The number of rotatable bonds is 5. The SMILES string of the molecule is Cc1cnn(C[C@H]2CCCCN2C[C@@H](O)c2ccccc2)c1. The zero-order valence-corrected chi connectivity index (χ0v) is 13.2. The Kier molecular flexibility index (Phi) is 4.90. The first-order valence-corrected chi connectivity index (χ1v) is 8.18. The van der Waals surface area contributed by atoms with Crippen molar-refractivity contribution < 1.29 is 5.11 Å². The highest BCUT2D eigenvalue weighted by Gasteiger charge is 2.25. The van der Waals surface area contributed by atoms with Crippen molar-refractivity contribution in [1.29, 1.82) is 0 Å².